The number of benzene rings is 1. The summed E-state index contributed by atoms with van der Waals surface area (Å²) in [7, 11) is 0. The smallest absolute Gasteiger partial charge is 0.142 e. The molecule has 1 aliphatic rings. The third-order valence-electron chi connectivity index (χ3n) is 1.80. The minimum atomic E-state index is -0.111. The molecule has 0 fully saturated rings. The monoisotopic (exact) mass is 264 g/mol. The molecule has 11 heavy (non-hydrogen) atoms. The van der Waals surface area contributed by atoms with Gasteiger partial charge in [-0.1, -0.05) is 6.07 Å². The second kappa shape index (κ2) is 2.71. The largest absolute Gasteiger partial charge is 0.372 e. The van der Waals surface area contributed by atoms with Crippen LogP contribution in [-0.4, -0.2) is 0 Å². The number of ether oxygens (including phenoxy) is 1. The van der Waals surface area contributed by atoms with Gasteiger partial charge in [0, 0.05) is 9.13 Å². The quantitative estimate of drug-likeness (QED) is 0.654. The van der Waals surface area contributed by atoms with Gasteiger partial charge in [-0.25, -0.2) is 4.39 Å². The summed E-state index contributed by atoms with van der Waals surface area (Å²) in [6.45, 7) is 0.987. The van der Waals surface area contributed by atoms with Crippen LogP contribution in [0, 0.1) is 9.39 Å². The number of hydrogen-bond acceptors (Lipinski definition) is 1. The van der Waals surface area contributed by atoms with E-state index in [1.807, 2.05) is 28.7 Å². The van der Waals surface area contributed by atoms with Crippen LogP contribution in [-0.2, 0) is 18.0 Å². The molecule has 0 amide bonds. The van der Waals surface area contributed by atoms with Crippen LogP contribution in [0.4, 0.5) is 4.39 Å². The molecule has 3 heteroatoms. The lowest BCUT2D eigenvalue weighted by Crippen LogP contribution is -1.91. The molecular formula is C8H6FIO. The van der Waals surface area contributed by atoms with Gasteiger partial charge in [0.2, 0.25) is 0 Å². The zero-order valence-corrected chi connectivity index (χ0v) is 7.89. The van der Waals surface area contributed by atoms with Crippen molar-refractivity contribution in [1.82, 2.24) is 0 Å². The molecule has 0 bridgehead atoms. The molecule has 0 atom stereocenters. The van der Waals surface area contributed by atoms with Gasteiger partial charge in [-0.3, -0.25) is 0 Å². The Hall–Kier alpha value is -0.160. The van der Waals surface area contributed by atoms with Gasteiger partial charge in [0.1, 0.15) is 5.82 Å². The number of fused-ring (bicyclic) bond motifs is 1. The van der Waals surface area contributed by atoms with E-state index < -0.39 is 0 Å². The molecule has 1 heterocycles. The van der Waals surface area contributed by atoms with E-state index in [9.17, 15) is 4.39 Å². The first-order chi connectivity index (χ1) is 5.29. The Morgan fingerprint density at radius 2 is 2.18 bits per heavy atom. The first-order valence-electron chi connectivity index (χ1n) is 3.32. The molecule has 1 aliphatic heterocycles. The van der Waals surface area contributed by atoms with Gasteiger partial charge in [0.25, 0.3) is 0 Å². The standard InChI is InChI=1S/C8H6FIO/c9-8-6-4-11-3-5(6)1-2-7(8)10/h1-2H,3-4H2. The Balaban J connectivity index is 2.62. The Morgan fingerprint density at radius 3 is 3.00 bits per heavy atom. The predicted molar refractivity (Wildman–Crippen MR) is 47.6 cm³/mol. The van der Waals surface area contributed by atoms with Crippen molar-refractivity contribution in [3.63, 3.8) is 0 Å². The summed E-state index contributed by atoms with van der Waals surface area (Å²) in [6.07, 6.45) is 0. The van der Waals surface area contributed by atoms with Gasteiger partial charge in [-0.05, 0) is 34.2 Å². The van der Waals surface area contributed by atoms with E-state index in [4.69, 9.17) is 4.74 Å². The van der Waals surface area contributed by atoms with Crippen LogP contribution in [0.2, 0.25) is 0 Å². The molecule has 1 aromatic carbocycles. The van der Waals surface area contributed by atoms with Gasteiger partial charge >= 0.3 is 0 Å². The van der Waals surface area contributed by atoms with Crippen LogP contribution in [0.3, 0.4) is 0 Å². The Labute approximate surface area is 77.7 Å². The topological polar surface area (TPSA) is 9.23 Å². The van der Waals surface area contributed by atoms with Crippen molar-refractivity contribution < 1.29 is 9.13 Å². The number of hydrogen-bond donors (Lipinski definition) is 0. The third-order valence-corrected chi connectivity index (χ3v) is 2.63. The summed E-state index contributed by atoms with van der Waals surface area (Å²) in [5, 5.41) is 0. The SMILES string of the molecule is Fc1c(I)ccc2c1COC2. The van der Waals surface area contributed by atoms with Crippen molar-refractivity contribution in [1.29, 1.82) is 0 Å². The summed E-state index contributed by atoms with van der Waals surface area (Å²) in [5.74, 6) is -0.111. The van der Waals surface area contributed by atoms with Crippen molar-refractivity contribution in [3.8, 4) is 0 Å². The van der Waals surface area contributed by atoms with Crippen molar-refractivity contribution in [2.24, 2.45) is 0 Å². The highest BCUT2D eigenvalue weighted by Gasteiger charge is 2.16. The summed E-state index contributed by atoms with van der Waals surface area (Å²) in [6, 6.07) is 3.70. The fourth-order valence-corrected chi connectivity index (χ4v) is 1.69. The van der Waals surface area contributed by atoms with Gasteiger partial charge in [0.15, 0.2) is 0 Å². The van der Waals surface area contributed by atoms with Crippen molar-refractivity contribution in [3.05, 3.63) is 32.6 Å². The summed E-state index contributed by atoms with van der Waals surface area (Å²) >= 11 is 1.99. The maximum Gasteiger partial charge on any atom is 0.142 e. The van der Waals surface area contributed by atoms with Crippen LogP contribution in [0.5, 0.6) is 0 Å². The summed E-state index contributed by atoms with van der Waals surface area (Å²) in [5.41, 5.74) is 1.72. The van der Waals surface area contributed by atoms with Gasteiger partial charge in [-0.15, -0.1) is 0 Å². The fraction of sp³-hybridized carbons (Fsp3) is 0.250. The maximum absolute atomic E-state index is 13.2. The molecule has 0 radical (unpaired) electrons. The van der Waals surface area contributed by atoms with E-state index in [0.717, 1.165) is 11.1 Å². The molecular weight excluding hydrogens is 258 g/mol. The van der Waals surface area contributed by atoms with E-state index in [1.165, 1.54) is 0 Å². The molecule has 0 unspecified atom stereocenters. The third kappa shape index (κ3) is 1.16. The van der Waals surface area contributed by atoms with E-state index in [2.05, 4.69) is 0 Å². The minimum absolute atomic E-state index is 0.111. The normalized spacial score (nSPS) is 15.1. The summed E-state index contributed by atoms with van der Waals surface area (Å²) < 4.78 is 19.0. The number of rotatable bonds is 0. The molecule has 58 valence electrons. The fourth-order valence-electron chi connectivity index (χ4n) is 1.19. The predicted octanol–water partition coefficient (Wildman–Crippen LogP) is 2.46. The lowest BCUT2D eigenvalue weighted by Gasteiger charge is -1.99. The lowest BCUT2D eigenvalue weighted by molar-refractivity contribution is 0.133. The minimum Gasteiger partial charge on any atom is -0.372 e. The molecule has 0 N–H and O–H groups in total. The second-order valence-corrected chi connectivity index (χ2v) is 3.65. The van der Waals surface area contributed by atoms with Crippen molar-refractivity contribution in [2.75, 3.05) is 0 Å². The average Bonchev–Trinajstić information content (AvgIpc) is 2.45. The van der Waals surface area contributed by atoms with Crippen LogP contribution in [0.1, 0.15) is 11.1 Å². The van der Waals surface area contributed by atoms with E-state index >= 15 is 0 Å². The van der Waals surface area contributed by atoms with Gasteiger partial charge < -0.3 is 4.74 Å². The van der Waals surface area contributed by atoms with E-state index in [0.29, 0.717) is 16.8 Å². The van der Waals surface area contributed by atoms with Crippen LogP contribution < -0.4 is 0 Å². The Bertz CT molecular complexity index is 298. The van der Waals surface area contributed by atoms with Crippen LogP contribution >= 0.6 is 22.6 Å². The Morgan fingerprint density at radius 1 is 1.36 bits per heavy atom. The molecule has 0 aliphatic carbocycles. The zero-order valence-electron chi connectivity index (χ0n) is 5.73. The summed E-state index contributed by atoms with van der Waals surface area (Å²) in [4.78, 5) is 0. The van der Waals surface area contributed by atoms with Crippen molar-refractivity contribution >= 4 is 22.6 Å². The maximum atomic E-state index is 13.2. The molecule has 0 aromatic heterocycles. The highest BCUT2D eigenvalue weighted by molar-refractivity contribution is 14.1. The first-order valence-corrected chi connectivity index (χ1v) is 4.40. The van der Waals surface area contributed by atoms with Gasteiger partial charge in [-0.2, -0.15) is 0 Å². The molecule has 0 saturated carbocycles. The average molecular weight is 264 g/mol. The molecule has 1 nitrogen and oxygen atoms in total. The first kappa shape index (κ1) is 7.49. The Kier molecular flexibility index (Phi) is 1.85. The van der Waals surface area contributed by atoms with Crippen LogP contribution in [0.15, 0.2) is 12.1 Å². The zero-order chi connectivity index (χ0) is 7.84. The van der Waals surface area contributed by atoms with Crippen molar-refractivity contribution in [2.45, 2.75) is 13.2 Å². The molecule has 0 spiro atoms. The van der Waals surface area contributed by atoms with E-state index in [1.54, 1.807) is 6.07 Å². The highest BCUT2D eigenvalue weighted by atomic mass is 127. The highest BCUT2D eigenvalue weighted by Crippen LogP contribution is 2.25. The van der Waals surface area contributed by atoms with E-state index in [-0.39, 0.29) is 5.82 Å². The second-order valence-electron chi connectivity index (χ2n) is 2.49. The molecule has 2 rings (SSSR count). The lowest BCUT2D eigenvalue weighted by atomic mass is 10.1. The van der Waals surface area contributed by atoms with Crippen LogP contribution in [0.25, 0.3) is 0 Å². The number of halogens is 2. The molecule has 0 saturated heterocycles. The molecule has 1 aromatic rings. The van der Waals surface area contributed by atoms with Gasteiger partial charge in [0.05, 0.1) is 13.2 Å².